The van der Waals surface area contributed by atoms with Gasteiger partial charge in [-0.3, -0.25) is 9.10 Å². The van der Waals surface area contributed by atoms with Crippen molar-refractivity contribution < 1.29 is 13.2 Å². The van der Waals surface area contributed by atoms with Crippen molar-refractivity contribution in [2.75, 3.05) is 10.6 Å². The lowest BCUT2D eigenvalue weighted by atomic mass is 9.98. The number of primary amides is 1. The monoisotopic (exact) mass is 428 g/mol. The minimum absolute atomic E-state index is 0.0790. The van der Waals surface area contributed by atoms with Gasteiger partial charge in [0, 0.05) is 6.42 Å². The van der Waals surface area contributed by atoms with Crippen LogP contribution >= 0.6 is 23.2 Å². The van der Waals surface area contributed by atoms with E-state index in [-0.39, 0.29) is 18.4 Å². The summed E-state index contributed by atoms with van der Waals surface area (Å²) in [7, 11) is -3.53. The van der Waals surface area contributed by atoms with Crippen molar-refractivity contribution in [2.45, 2.75) is 26.3 Å². The number of halogens is 2. The van der Waals surface area contributed by atoms with Crippen LogP contribution in [0.4, 0.5) is 5.69 Å². The smallest absolute Gasteiger partial charge is 0.232 e. The van der Waals surface area contributed by atoms with Crippen molar-refractivity contribution in [1.82, 2.24) is 0 Å². The first kappa shape index (κ1) is 21.5. The van der Waals surface area contributed by atoms with Crippen LogP contribution in [0.5, 0.6) is 0 Å². The summed E-state index contributed by atoms with van der Waals surface area (Å²) >= 11 is 12.2. The van der Waals surface area contributed by atoms with Crippen molar-refractivity contribution in [2.24, 2.45) is 11.7 Å². The Hall–Kier alpha value is -1.76. The topological polar surface area (TPSA) is 80.5 Å². The quantitative estimate of drug-likeness (QED) is 0.689. The summed E-state index contributed by atoms with van der Waals surface area (Å²) in [5.41, 5.74) is 7.37. The van der Waals surface area contributed by atoms with E-state index in [0.717, 1.165) is 11.8 Å². The molecular weight excluding hydrogens is 407 g/mol. The van der Waals surface area contributed by atoms with Gasteiger partial charge in [-0.15, -0.1) is 0 Å². The van der Waals surface area contributed by atoms with Crippen LogP contribution in [0, 0.1) is 5.92 Å². The predicted molar refractivity (Wildman–Crippen MR) is 111 cm³/mol. The summed E-state index contributed by atoms with van der Waals surface area (Å²) in [6, 6.07) is 12.3. The van der Waals surface area contributed by atoms with Gasteiger partial charge in [-0.2, -0.15) is 0 Å². The van der Waals surface area contributed by atoms with Crippen molar-refractivity contribution in [3.05, 3.63) is 63.6 Å². The minimum Gasteiger partial charge on any atom is -0.370 e. The second kappa shape index (κ2) is 8.95. The molecule has 0 radical (unpaired) electrons. The van der Waals surface area contributed by atoms with Crippen molar-refractivity contribution >= 4 is 44.8 Å². The molecule has 0 aromatic heterocycles. The fraction of sp³-hybridized carbons (Fsp3) is 0.316. The summed E-state index contributed by atoms with van der Waals surface area (Å²) in [6.45, 7) is 2.03. The Balaban J connectivity index is 2.25. The average molecular weight is 429 g/mol. The molecular formula is C19H22Cl2N2O3S. The van der Waals surface area contributed by atoms with Crippen molar-refractivity contribution in [3.63, 3.8) is 0 Å². The molecule has 0 aliphatic rings. The first-order valence-corrected chi connectivity index (χ1v) is 11.0. The lowest BCUT2D eigenvalue weighted by Gasteiger charge is -2.23. The van der Waals surface area contributed by atoms with Gasteiger partial charge in [0.05, 0.1) is 28.5 Å². The fourth-order valence-electron chi connectivity index (χ4n) is 2.84. The molecule has 8 heteroatoms. The Labute approximate surface area is 170 Å². The number of hydrogen-bond acceptors (Lipinski definition) is 3. The van der Waals surface area contributed by atoms with Gasteiger partial charge >= 0.3 is 0 Å². The highest BCUT2D eigenvalue weighted by molar-refractivity contribution is 7.92. The number of hydrogen-bond donors (Lipinski definition) is 1. The lowest BCUT2D eigenvalue weighted by molar-refractivity contribution is -0.118. The summed E-state index contributed by atoms with van der Waals surface area (Å²) in [4.78, 5) is 11.0. The molecule has 0 spiro atoms. The molecule has 2 aromatic carbocycles. The number of amides is 1. The average Bonchev–Trinajstić information content (AvgIpc) is 2.55. The molecule has 0 saturated heterocycles. The molecule has 0 saturated carbocycles. The number of nitrogens with two attached hydrogens (primary N) is 1. The zero-order valence-electron chi connectivity index (χ0n) is 15.2. The van der Waals surface area contributed by atoms with E-state index in [0.29, 0.717) is 34.1 Å². The van der Waals surface area contributed by atoms with Gasteiger partial charge < -0.3 is 5.73 Å². The van der Waals surface area contributed by atoms with Crippen LogP contribution in [-0.2, 0) is 27.8 Å². The van der Waals surface area contributed by atoms with E-state index in [9.17, 15) is 13.2 Å². The van der Waals surface area contributed by atoms with Crippen LogP contribution < -0.4 is 10.0 Å². The van der Waals surface area contributed by atoms with Gasteiger partial charge in [-0.05, 0) is 41.7 Å². The largest absolute Gasteiger partial charge is 0.370 e. The Bertz CT molecular complexity index is 915. The molecule has 1 unspecified atom stereocenters. The molecule has 0 fully saturated rings. The van der Waals surface area contributed by atoms with Crippen molar-refractivity contribution in [3.8, 4) is 0 Å². The summed E-state index contributed by atoms with van der Waals surface area (Å²) in [5, 5.41) is 0.714. The third-order valence-electron chi connectivity index (χ3n) is 4.10. The molecule has 0 bridgehead atoms. The number of carbonyl (C=O) groups is 1. The normalized spacial score (nSPS) is 12.6. The lowest BCUT2D eigenvalue weighted by Crippen LogP contribution is -2.29. The number of rotatable bonds is 8. The maximum absolute atomic E-state index is 12.3. The first-order chi connectivity index (χ1) is 12.6. The van der Waals surface area contributed by atoms with Crippen LogP contribution in [0.1, 0.15) is 24.5 Å². The molecule has 2 rings (SSSR count). The zero-order valence-corrected chi connectivity index (χ0v) is 17.5. The Morgan fingerprint density at radius 3 is 2.33 bits per heavy atom. The molecule has 5 nitrogen and oxygen atoms in total. The number of nitrogens with zero attached hydrogens (tertiary/aromatic N) is 1. The first-order valence-electron chi connectivity index (χ1n) is 8.35. The SMILES string of the molecule is CC(CC(N)=O)Cc1ccc(N(Cc2cccc(Cl)c2Cl)S(C)(=O)=O)cc1. The van der Waals surface area contributed by atoms with Gasteiger partial charge in [-0.25, -0.2) is 8.42 Å². The Kier molecular flexibility index (Phi) is 7.14. The molecule has 0 heterocycles. The van der Waals surface area contributed by atoms with Crippen LogP contribution in [-0.4, -0.2) is 20.6 Å². The van der Waals surface area contributed by atoms with Crippen LogP contribution in [0.3, 0.4) is 0 Å². The highest BCUT2D eigenvalue weighted by atomic mass is 35.5. The predicted octanol–water partition coefficient (Wildman–Crippen LogP) is 4.01. The third-order valence-corrected chi connectivity index (χ3v) is 6.10. The Morgan fingerprint density at radius 2 is 1.78 bits per heavy atom. The van der Waals surface area contributed by atoms with Crippen LogP contribution in [0.2, 0.25) is 10.0 Å². The number of benzene rings is 2. The van der Waals surface area contributed by atoms with Gasteiger partial charge in [0.25, 0.3) is 0 Å². The number of sulfonamides is 1. The van der Waals surface area contributed by atoms with E-state index in [2.05, 4.69) is 0 Å². The zero-order chi connectivity index (χ0) is 20.2. The second-order valence-electron chi connectivity index (χ2n) is 6.63. The molecule has 0 aliphatic carbocycles. The van der Waals surface area contributed by atoms with E-state index in [4.69, 9.17) is 28.9 Å². The molecule has 2 aromatic rings. The molecule has 27 heavy (non-hydrogen) atoms. The molecule has 0 aliphatic heterocycles. The van der Waals surface area contributed by atoms with Gasteiger partial charge in [-0.1, -0.05) is 54.4 Å². The van der Waals surface area contributed by atoms with E-state index < -0.39 is 10.0 Å². The molecule has 1 amide bonds. The van der Waals surface area contributed by atoms with E-state index in [1.165, 1.54) is 4.31 Å². The number of anilines is 1. The highest BCUT2D eigenvalue weighted by Crippen LogP contribution is 2.29. The summed E-state index contributed by atoms with van der Waals surface area (Å²) < 4.78 is 25.9. The van der Waals surface area contributed by atoms with E-state index >= 15 is 0 Å². The van der Waals surface area contributed by atoms with Crippen LogP contribution in [0.25, 0.3) is 0 Å². The van der Waals surface area contributed by atoms with Gasteiger partial charge in [0.2, 0.25) is 15.9 Å². The summed E-state index contributed by atoms with van der Waals surface area (Å²) in [6.07, 6.45) is 2.14. The maximum atomic E-state index is 12.3. The second-order valence-corrected chi connectivity index (χ2v) is 9.32. The maximum Gasteiger partial charge on any atom is 0.232 e. The van der Waals surface area contributed by atoms with Gasteiger partial charge in [0.1, 0.15) is 0 Å². The van der Waals surface area contributed by atoms with Crippen molar-refractivity contribution in [1.29, 1.82) is 0 Å². The van der Waals surface area contributed by atoms with E-state index in [1.54, 1.807) is 30.3 Å². The molecule has 146 valence electrons. The van der Waals surface area contributed by atoms with E-state index in [1.807, 2.05) is 19.1 Å². The highest BCUT2D eigenvalue weighted by Gasteiger charge is 2.20. The van der Waals surface area contributed by atoms with Crippen LogP contribution in [0.15, 0.2) is 42.5 Å². The standard InChI is InChI=1S/C19H22Cl2N2O3S/c1-13(11-18(22)24)10-14-6-8-16(9-7-14)23(27(2,25)26)12-15-4-3-5-17(20)19(15)21/h3-9,13H,10-12H2,1-2H3,(H2,22,24). The fourth-order valence-corrected chi connectivity index (χ4v) is 4.10. The third kappa shape index (κ3) is 6.13. The Morgan fingerprint density at radius 1 is 1.15 bits per heavy atom. The minimum atomic E-state index is -3.53. The molecule has 2 N–H and O–H groups in total. The van der Waals surface area contributed by atoms with Gasteiger partial charge in [0.15, 0.2) is 0 Å². The molecule has 1 atom stereocenters. The number of carbonyl (C=O) groups excluding carboxylic acids is 1. The summed E-state index contributed by atoms with van der Waals surface area (Å²) in [5.74, 6) is -0.217.